The van der Waals surface area contributed by atoms with Crippen LogP contribution in [-0.4, -0.2) is 11.9 Å². The molecule has 0 aliphatic heterocycles. The molecule has 16 heavy (non-hydrogen) atoms. The van der Waals surface area contributed by atoms with E-state index in [1.165, 1.54) is 11.1 Å². The van der Waals surface area contributed by atoms with E-state index >= 15 is 0 Å². The first-order valence-electron chi connectivity index (χ1n) is 6.07. The largest absolute Gasteiger partial charge is 0.353 e. The molecule has 1 aliphatic carbocycles. The molecular formula is C14H19NO. The molecule has 1 aromatic carbocycles. The lowest BCUT2D eigenvalue weighted by Crippen LogP contribution is -2.38. The van der Waals surface area contributed by atoms with Crippen LogP contribution in [0.5, 0.6) is 0 Å². The van der Waals surface area contributed by atoms with E-state index in [-0.39, 0.29) is 11.9 Å². The molecule has 1 amide bonds. The fraction of sp³-hybridized carbons (Fsp3) is 0.500. The van der Waals surface area contributed by atoms with Crippen LogP contribution in [0, 0.1) is 5.92 Å². The summed E-state index contributed by atoms with van der Waals surface area (Å²) in [5, 5.41) is 3.07. The Morgan fingerprint density at radius 1 is 1.38 bits per heavy atom. The molecule has 2 heteroatoms. The number of benzene rings is 1. The van der Waals surface area contributed by atoms with Gasteiger partial charge in [-0.2, -0.15) is 0 Å². The first kappa shape index (κ1) is 11.2. The van der Waals surface area contributed by atoms with Gasteiger partial charge in [0.2, 0.25) is 5.91 Å². The van der Waals surface area contributed by atoms with Gasteiger partial charge in [0.15, 0.2) is 0 Å². The molecule has 0 bridgehead atoms. The van der Waals surface area contributed by atoms with Crippen LogP contribution in [0.25, 0.3) is 0 Å². The van der Waals surface area contributed by atoms with Gasteiger partial charge in [0.05, 0.1) is 0 Å². The first-order valence-corrected chi connectivity index (χ1v) is 6.07. The van der Waals surface area contributed by atoms with E-state index in [4.69, 9.17) is 0 Å². The minimum absolute atomic E-state index is 0.156. The molecule has 1 unspecified atom stereocenters. The number of fused-ring (bicyclic) bond motifs is 1. The van der Waals surface area contributed by atoms with Crippen molar-refractivity contribution in [3.8, 4) is 0 Å². The summed E-state index contributed by atoms with van der Waals surface area (Å²) in [7, 11) is 0. The van der Waals surface area contributed by atoms with E-state index < -0.39 is 0 Å². The van der Waals surface area contributed by atoms with Gasteiger partial charge in [-0.15, -0.1) is 0 Å². The zero-order valence-corrected chi connectivity index (χ0v) is 9.99. The van der Waals surface area contributed by atoms with Gasteiger partial charge < -0.3 is 5.32 Å². The van der Waals surface area contributed by atoms with Crippen molar-refractivity contribution in [2.75, 3.05) is 0 Å². The Bertz CT molecular complexity index is 361. The lowest BCUT2D eigenvalue weighted by atomic mass is 9.98. The van der Waals surface area contributed by atoms with Crippen LogP contribution in [0.2, 0.25) is 0 Å². The molecule has 0 heterocycles. The SMILES string of the molecule is CCC(=O)NC(C)C1Cc2ccccc2C1. The number of nitrogens with one attached hydrogen (secondary N) is 1. The molecule has 1 aromatic rings. The maximum absolute atomic E-state index is 11.3. The van der Waals surface area contributed by atoms with Crippen molar-refractivity contribution in [3.05, 3.63) is 35.4 Å². The van der Waals surface area contributed by atoms with Crippen LogP contribution in [0.15, 0.2) is 24.3 Å². The number of carbonyl (C=O) groups is 1. The third kappa shape index (κ3) is 2.26. The van der Waals surface area contributed by atoms with Gasteiger partial charge >= 0.3 is 0 Å². The van der Waals surface area contributed by atoms with Crippen LogP contribution < -0.4 is 5.32 Å². The zero-order chi connectivity index (χ0) is 11.5. The van der Waals surface area contributed by atoms with Crippen molar-refractivity contribution in [2.45, 2.75) is 39.2 Å². The Balaban J connectivity index is 1.98. The number of hydrogen-bond acceptors (Lipinski definition) is 1. The van der Waals surface area contributed by atoms with Crippen LogP contribution in [0.1, 0.15) is 31.4 Å². The Hall–Kier alpha value is -1.31. The maximum atomic E-state index is 11.3. The standard InChI is InChI=1S/C14H19NO/c1-3-14(16)15-10(2)13-8-11-6-4-5-7-12(11)9-13/h4-7,10,13H,3,8-9H2,1-2H3,(H,15,16). The summed E-state index contributed by atoms with van der Waals surface area (Å²) in [4.78, 5) is 11.3. The van der Waals surface area contributed by atoms with Crippen molar-refractivity contribution < 1.29 is 4.79 Å². The summed E-state index contributed by atoms with van der Waals surface area (Å²) < 4.78 is 0. The van der Waals surface area contributed by atoms with Crippen molar-refractivity contribution in [2.24, 2.45) is 5.92 Å². The Kier molecular flexibility index (Phi) is 3.28. The van der Waals surface area contributed by atoms with E-state index in [1.807, 2.05) is 6.92 Å². The maximum Gasteiger partial charge on any atom is 0.219 e. The molecule has 1 N–H and O–H groups in total. The second-order valence-electron chi connectivity index (χ2n) is 4.65. The van der Waals surface area contributed by atoms with Crippen LogP contribution in [0.3, 0.4) is 0 Å². The molecule has 0 saturated carbocycles. The lowest BCUT2D eigenvalue weighted by molar-refractivity contribution is -0.121. The second kappa shape index (κ2) is 4.69. The van der Waals surface area contributed by atoms with Crippen LogP contribution in [-0.2, 0) is 17.6 Å². The van der Waals surface area contributed by atoms with E-state index in [2.05, 4.69) is 36.5 Å². The minimum atomic E-state index is 0.156. The summed E-state index contributed by atoms with van der Waals surface area (Å²) >= 11 is 0. The van der Waals surface area contributed by atoms with Gasteiger partial charge in [0.25, 0.3) is 0 Å². The lowest BCUT2D eigenvalue weighted by Gasteiger charge is -2.20. The Labute approximate surface area is 97.1 Å². The van der Waals surface area contributed by atoms with Gasteiger partial charge in [0, 0.05) is 12.5 Å². The molecule has 1 atom stereocenters. The van der Waals surface area contributed by atoms with Gasteiger partial charge in [0.1, 0.15) is 0 Å². The van der Waals surface area contributed by atoms with Gasteiger partial charge in [-0.1, -0.05) is 31.2 Å². The quantitative estimate of drug-likeness (QED) is 0.827. The molecular weight excluding hydrogens is 198 g/mol. The Morgan fingerprint density at radius 3 is 2.44 bits per heavy atom. The highest BCUT2D eigenvalue weighted by Gasteiger charge is 2.26. The summed E-state index contributed by atoms with van der Waals surface area (Å²) in [6.45, 7) is 4.01. The molecule has 0 fully saturated rings. The highest BCUT2D eigenvalue weighted by molar-refractivity contribution is 5.75. The van der Waals surface area contributed by atoms with Gasteiger partial charge in [-0.3, -0.25) is 4.79 Å². The fourth-order valence-corrected chi connectivity index (χ4v) is 2.42. The van der Waals surface area contributed by atoms with E-state index in [1.54, 1.807) is 0 Å². The Morgan fingerprint density at radius 2 is 1.94 bits per heavy atom. The number of rotatable bonds is 3. The molecule has 86 valence electrons. The summed E-state index contributed by atoms with van der Waals surface area (Å²) in [6, 6.07) is 8.86. The van der Waals surface area contributed by atoms with E-state index in [0.29, 0.717) is 12.3 Å². The van der Waals surface area contributed by atoms with Crippen molar-refractivity contribution >= 4 is 5.91 Å². The third-order valence-corrected chi connectivity index (χ3v) is 3.50. The van der Waals surface area contributed by atoms with Crippen molar-refractivity contribution in [3.63, 3.8) is 0 Å². The predicted molar refractivity (Wildman–Crippen MR) is 65.2 cm³/mol. The smallest absolute Gasteiger partial charge is 0.219 e. The fourth-order valence-electron chi connectivity index (χ4n) is 2.42. The average Bonchev–Trinajstić information content (AvgIpc) is 2.72. The van der Waals surface area contributed by atoms with Crippen molar-refractivity contribution in [1.29, 1.82) is 0 Å². The van der Waals surface area contributed by atoms with Crippen LogP contribution in [0.4, 0.5) is 0 Å². The molecule has 0 saturated heterocycles. The first-order chi connectivity index (χ1) is 7.70. The zero-order valence-electron chi connectivity index (χ0n) is 9.99. The number of hydrogen-bond donors (Lipinski definition) is 1. The molecule has 2 nitrogen and oxygen atoms in total. The van der Waals surface area contributed by atoms with Crippen molar-refractivity contribution in [1.82, 2.24) is 5.32 Å². The third-order valence-electron chi connectivity index (χ3n) is 3.50. The molecule has 0 spiro atoms. The topological polar surface area (TPSA) is 29.1 Å². The summed E-state index contributed by atoms with van der Waals surface area (Å²) in [5.74, 6) is 0.719. The normalized spacial score (nSPS) is 16.9. The van der Waals surface area contributed by atoms with Gasteiger partial charge in [-0.25, -0.2) is 0 Å². The highest BCUT2D eigenvalue weighted by atomic mass is 16.1. The van der Waals surface area contributed by atoms with E-state index in [9.17, 15) is 4.79 Å². The van der Waals surface area contributed by atoms with Gasteiger partial charge in [-0.05, 0) is 36.8 Å². The summed E-state index contributed by atoms with van der Waals surface area (Å²) in [5.41, 5.74) is 2.90. The molecule has 0 radical (unpaired) electrons. The monoisotopic (exact) mass is 217 g/mol. The summed E-state index contributed by atoms with van der Waals surface area (Å²) in [6.07, 6.45) is 2.77. The average molecular weight is 217 g/mol. The predicted octanol–water partition coefficient (Wildman–Crippen LogP) is 2.32. The molecule has 0 aromatic heterocycles. The number of carbonyl (C=O) groups excluding carboxylic acids is 1. The number of amides is 1. The molecule has 1 aliphatic rings. The second-order valence-corrected chi connectivity index (χ2v) is 4.65. The minimum Gasteiger partial charge on any atom is -0.353 e. The molecule has 2 rings (SSSR count). The van der Waals surface area contributed by atoms with Crippen LogP contribution >= 0.6 is 0 Å². The van der Waals surface area contributed by atoms with E-state index in [0.717, 1.165) is 12.8 Å². The highest BCUT2D eigenvalue weighted by Crippen LogP contribution is 2.28.